The number of piperidine rings is 1. The predicted molar refractivity (Wildman–Crippen MR) is 178 cm³/mol. The van der Waals surface area contributed by atoms with E-state index in [0.717, 1.165) is 50.2 Å². The number of hydrazine groups is 2. The molecule has 3 aliphatic heterocycles. The second-order valence-electron chi connectivity index (χ2n) is 13.0. The molecule has 4 heterocycles. The maximum atomic E-state index is 13.9. The van der Waals surface area contributed by atoms with Crippen molar-refractivity contribution < 1.29 is 9.13 Å². The Kier molecular flexibility index (Phi) is 9.27. The Hall–Kier alpha value is -3.33. The summed E-state index contributed by atoms with van der Waals surface area (Å²) in [5.41, 5.74) is 10.8. The highest BCUT2D eigenvalue weighted by Crippen LogP contribution is 2.37. The average molecular weight is 654 g/mol. The van der Waals surface area contributed by atoms with Crippen molar-refractivity contribution in [3.8, 4) is 6.07 Å². The highest BCUT2D eigenvalue weighted by Gasteiger charge is 2.34. The molecule has 4 N–H and O–H groups in total. The maximum absolute atomic E-state index is 13.9. The number of hydrogen-bond acceptors (Lipinski definition) is 9. The molecule has 238 valence electrons. The Bertz CT molecular complexity index is 1620. The van der Waals surface area contributed by atoms with Crippen LogP contribution in [0.3, 0.4) is 0 Å². The van der Waals surface area contributed by atoms with Crippen molar-refractivity contribution in [1.82, 2.24) is 25.9 Å². The molecule has 2 saturated heterocycles. The SMILES string of the molecule is CC(C)(C)N1CCC(N2C=C([C@@H](Nc3cc(Cl)c4ncc(C#N)c(Nc5ccc(F)c(Cl)c5)c4c3)C3CCOCC3)NN2)CC1. The first-order valence-corrected chi connectivity index (χ1v) is 16.2. The summed E-state index contributed by atoms with van der Waals surface area (Å²) in [5, 5.41) is 20.3. The second kappa shape index (κ2) is 13.2. The van der Waals surface area contributed by atoms with Crippen LogP contribution in [0.25, 0.3) is 10.9 Å². The number of anilines is 3. The maximum Gasteiger partial charge on any atom is 0.141 e. The standard InChI is InChI=1S/C33H39Cl2FN8O/c1-33(2,3)43-10-6-24(7-11-43)44-19-29(41-42-44)31(20-8-12-45-13-9-20)40-23-14-25-30(39-22-4-5-28(36)26(34)15-22)21(17-37)18-38-32(25)27(35)16-23/h4-5,14-16,18-20,24,31,40-42H,6-13H2,1-3H3,(H,38,39)/t31-/m0/s1. The van der Waals surface area contributed by atoms with Gasteiger partial charge < -0.3 is 20.8 Å². The molecule has 3 aliphatic rings. The monoisotopic (exact) mass is 652 g/mol. The van der Waals surface area contributed by atoms with Gasteiger partial charge in [0.05, 0.1) is 38.6 Å². The van der Waals surface area contributed by atoms with Crippen molar-refractivity contribution in [2.24, 2.45) is 5.92 Å². The number of ether oxygens (including phenoxy) is 1. The summed E-state index contributed by atoms with van der Waals surface area (Å²) in [6, 6.07) is 10.7. The molecular weight excluding hydrogens is 614 g/mol. The molecule has 1 aromatic heterocycles. The highest BCUT2D eigenvalue weighted by molar-refractivity contribution is 6.36. The normalized spacial score (nSPS) is 19.2. The number of rotatable bonds is 7. The third kappa shape index (κ3) is 6.93. The third-order valence-electron chi connectivity index (χ3n) is 9.04. The molecule has 12 heteroatoms. The topological polar surface area (TPSA) is 101 Å². The lowest BCUT2D eigenvalue weighted by Crippen LogP contribution is -2.52. The molecule has 0 spiro atoms. The molecule has 0 radical (unpaired) electrons. The quantitative estimate of drug-likeness (QED) is 0.216. The zero-order valence-electron chi connectivity index (χ0n) is 25.8. The number of likely N-dealkylation sites (tertiary alicyclic amines) is 1. The van der Waals surface area contributed by atoms with Crippen LogP contribution in [0.5, 0.6) is 0 Å². The summed E-state index contributed by atoms with van der Waals surface area (Å²) >= 11 is 12.9. The van der Waals surface area contributed by atoms with E-state index in [9.17, 15) is 9.65 Å². The van der Waals surface area contributed by atoms with Crippen LogP contribution in [0.2, 0.25) is 10.0 Å². The van der Waals surface area contributed by atoms with Crippen LogP contribution in [0.1, 0.15) is 52.0 Å². The van der Waals surface area contributed by atoms with E-state index in [1.165, 1.54) is 18.3 Å². The largest absolute Gasteiger partial charge is 0.381 e. The van der Waals surface area contributed by atoms with Crippen molar-refractivity contribution in [3.63, 3.8) is 0 Å². The van der Waals surface area contributed by atoms with E-state index in [1.54, 1.807) is 6.07 Å². The summed E-state index contributed by atoms with van der Waals surface area (Å²) in [7, 11) is 0. The van der Waals surface area contributed by atoms with E-state index in [4.69, 9.17) is 27.9 Å². The Morgan fingerprint density at radius 2 is 1.80 bits per heavy atom. The number of hydrogen-bond donors (Lipinski definition) is 4. The Labute approximate surface area is 273 Å². The van der Waals surface area contributed by atoms with Gasteiger partial charge in [-0.2, -0.15) is 5.26 Å². The molecular formula is C33H39Cl2FN8O. The molecule has 6 rings (SSSR count). The fourth-order valence-electron chi connectivity index (χ4n) is 6.47. The van der Waals surface area contributed by atoms with Crippen molar-refractivity contribution in [3.05, 3.63) is 69.9 Å². The number of nitrogens with zero attached hydrogens (tertiary/aromatic N) is 4. The fourth-order valence-corrected chi connectivity index (χ4v) is 6.92. The molecule has 45 heavy (non-hydrogen) atoms. The Morgan fingerprint density at radius 3 is 2.49 bits per heavy atom. The van der Waals surface area contributed by atoms with Gasteiger partial charge in [0.25, 0.3) is 0 Å². The molecule has 0 unspecified atom stereocenters. The summed E-state index contributed by atoms with van der Waals surface area (Å²) in [5.74, 6) is -0.201. The van der Waals surface area contributed by atoms with Gasteiger partial charge in [-0.05, 0) is 82.7 Å². The highest BCUT2D eigenvalue weighted by atomic mass is 35.5. The van der Waals surface area contributed by atoms with E-state index in [-0.39, 0.29) is 16.6 Å². The molecule has 3 aromatic rings. The van der Waals surface area contributed by atoms with E-state index in [1.807, 2.05) is 12.1 Å². The lowest BCUT2D eigenvalue weighted by atomic mass is 9.89. The van der Waals surface area contributed by atoms with Gasteiger partial charge >= 0.3 is 0 Å². The first-order valence-electron chi connectivity index (χ1n) is 15.5. The molecule has 0 amide bonds. The Morgan fingerprint density at radius 1 is 1.07 bits per heavy atom. The summed E-state index contributed by atoms with van der Waals surface area (Å²) in [6.45, 7) is 10.4. The van der Waals surface area contributed by atoms with Crippen LogP contribution >= 0.6 is 23.2 Å². The number of halogens is 3. The van der Waals surface area contributed by atoms with Gasteiger partial charge in [0.1, 0.15) is 11.9 Å². The average Bonchev–Trinajstić information content (AvgIpc) is 3.52. The van der Waals surface area contributed by atoms with Crippen LogP contribution in [-0.4, -0.2) is 58.8 Å². The van der Waals surface area contributed by atoms with E-state index in [0.29, 0.717) is 58.0 Å². The van der Waals surface area contributed by atoms with E-state index in [2.05, 4.69) is 69.5 Å². The molecule has 0 aliphatic carbocycles. The predicted octanol–water partition coefficient (Wildman–Crippen LogP) is 6.93. The number of nitrogens with one attached hydrogen (secondary N) is 4. The van der Waals surface area contributed by atoms with Gasteiger partial charge in [0.2, 0.25) is 0 Å². The molecule has 0 saturated carbocycles. The number of pyridine rings is 1. The summed E-state index contributed by atoms with van der Waals surface area (Å²) in [6.07, 6.45) is 7.68. The fraction of sp³-hybridized carbons (Fsp3) is 0.455. The van der Waals surface area contributed by atoms with Crippen molar-refractivity contribution in [2.75, 3.05) is 36.9 Å². The van der Waals surface area contributed by atoms with E-state index < -0.39 is 5.82 Å². The van der Waals surface area contributed by atoms with Gasteiger partial charge in [-0.25, -0.2) is 4.39 Å². The zero-order valence-corrected chi connectivity index (χ0v) is 27.3. The van der Waals surface area contributed by atoms with Crippen LogP contribution in [0.4, 0.5) is 21.5 Å². The lowest BCUT2D eigenvalue weighted by molar-refractivity contribution is 0.0566. The van der Waals surface area contributed by atoms with Crippen LogP contribution in [0, 0.1) is 23.1 Å². The van der Waals surface area contributed by atoms with Crippen molar-refractivity contribution in [2.45, 2.75) is 64.1 Å². The second-order valence-corrected chi connectivity index (χ2v) is 13.8. The van der Waals surface area contributed by atoms with Crippen LogP contribution < -0.4 is 21.6 Å². The van der Waals surface area contributed by atoms with E-state index >= 15 is 0 Å². The van der Waals surface area contributed by atoms with Crippen molar-refractivity contribution >= 4 is 51.2 Å². The van der Waals surface area contributed by atoms with Gasteiger partial charge in [0.15, 0.2) is 0 Å². The summed E-state index contributed by atoms with van der Waals surface area (Å²) in [4.78, 5) is 7.04. The molecule has 1 atom stereocenters. The number of nitriles is 1. The van der Waals surface area contributed by atoms with Gasteiger partial charge in [-0.1, -0.05) is 23.2 Å². The first kappa shape index (κ1) is 31.6. The number of benzene rings is 2. The molecule has 0 bridgehead atoms. The molecule has 9 nitrogen and oxygen atoms in total. The minimum atomic E-state index is -0.519. The number of fused-ring (bicyclic) bond motifs is 1. The van der Waals surface area contributed by atoms with Gasteiger partial charge in [0, 0.05) is 67.0 Å². The first-order chi connectivity index (χ1) is 21.6. The van der Waals surface area contributed by atoms with Crippen molar-refractivity contribution in [1.29, 1.82) is 5.26 Å². The van der Waals surface area contributed by atoms with Gasteiger partial charge in [-0.15, -0.1) is 5.53 Å². The van der Waals surface area contributed by atoms with Crippen LogP contribution in [0.15, 0.2) is 48.4 Å². The minimum absolute atomic E-state index is 0.0173. The van der Waals surface area contributed by atoms with Crippen LogP contribution in [-0.2, 0) is 4.74 Å². The Balaban J connectivity index is 1.30. The molecule has 2 aromatic carbocycles. The van der Waals surface area contributed by atoms with Gasteiger partial charge in [-0.3, -0.25) is 14.9 Å². The summed E-state index contributed by atoms with van der Waals surface area (Å²) < 4.78 is 19.6. The molecule has 2 fully saturated rings. The zero-order chi connectivity index (χ0) is 31.7. The smallest absolute Gasteiger partial charge is 0.141 e. The lowest BCUT2D eigenvalue weighted by Gasteiger charge is -2.42. The third-order valence-corrected chi connectivity index (χ3v) is 9.62. The minimum Gasteiger partial charge on any atom is -0.381 e. The number of aromatic nitrogens is 1.